The fourth-order valence-corrected chi connectivity index (χ4v) is 2.10. The minimum Gasteiger partial charge on any atom is -0.387 e. The van der Waals surface area contributed by atoms with Crippen molar-refractivity contribution in [1.82, 2.24) is 5.32 Å². The van der Waals surface area contributed by atoms with Gasteiger partial charge in [-0.2, -0.15) is 0 Å². The van der Waals surface area contributed by atoms with Crippen molar-refractivity contribution < 1.29 is 18.3 Å². The summed E-state index contributed by atoms with van der Waals surface area (Å²) in [5.41, 5.74) is 0.327. The number of halogens is 3. The highest BCUT2D eigenvalue weighted by Crippen LogP contribution is 2.20. The zero-order valence-electron chi connectivity index (χ0n) is 11.5. The van der Waals surface area contributed by atoms with E-state index in [1.54, 1.807) is 25.1 Å². The third-order valence-corrected chi connectivity index (χ3v) is 3.31. The number of hydrogen-bond donors (Lipinski definition) is 2. The highest BCUT2D eigenvalue weighted by atomic mass is 19.1. The van der Waals surface area contributed by atoms with Crippen LogP contribution in [0.15, 0.2) is 42.5 Å². The molecule has 0 saturated carbocycles. The first-order chi connectivity index (χ1) is 9.99. The summed E-state index contributed by atoms with van der Waals surface area (Å²) in [5.74, 6) is -1.65. The normalized spacial score (nSPS) is 14.0. The topological polar surface area (TPSA) is 32.3 Å². The SMILES string of the molecule is C[C@@H](NCC(O)c1cc(F)ccc1F)c1ccccc1F. The molecule has 2 aromatic carbocycles. The van der Waals surface area contributed by atoms with Gasteiger partial charge in [0, 0.05) is 23.7 Å². The standard InChI is InChI=1S/C16H16F3NO/c1-10(12-4-2-3-5-14(12)18)20-9-16(21)13-8-11(17)6-7-15(13)19/h2-8,10,16,20-21H,9H2,1H3/t10-,16?/m1/s1. The number of nitrogens with one attached hydrogen (secondary N) is 1. The molecule has 1 unspecified atom stereocenters. The predicted octanol–water partition coefficient (Wildman–Crippen LogP) is 3.49. The van der Waals surface area contributed by atoms with Gasteiger partial charge in [0.1, 0.15) is 17.5 Å². The van der Waals surface area contributed by atoms with E-state index >= 15 is 0 Å². The summed E-state index contributed by atoms with van der Waals surface area (Å²) in [5, 5.41) is 12.8. The molecule has 2 rings (SSSR count). The second-order valence-electron chi connectivity index (χ2n) is 4.83. The molecular weight excluding hydrogens is 279 g/mol. The smallest absolute Gasteiger partial charge is 0.129 e. The molecule has 0 aliphatic carbocycles. The van der Waals surface area contributed by atoms with E-state index in [0.29, 0.717) is 5.56 Å². The third-order valence-electron chi connectivity index (χ3n) is 3.31. The third kappa shape index (κ3) is 3.83. The lowest BCUT2D eigenvalue weighted by molar-refractivity contribution is 0.165. The maximum Gasteiger partial charge on any atom is 0.129 e. The summed E-state index contributed by atoms with van der Waals surface area (Å²) < 4.78 is 40.2. The molecule has 0 fully saturated rings. The molecule has 0 spiro atoms. The molecule has 21 heavy (non-hydrogen) atoms. The summed E-state index contributed by atoms with van der Waals surface area (Å²) >= 11 is 0. The second-order valence-corrected chi connectivity index (χ2v) is 4.83. The van der Waals surface area contributed by atoms with Gasteiger partial charge in [0.25, 0.3) is 0 Å². The molecule has 2 N–H and O–H groups in total. The van der Waals surface area contributed by atoms with Gasteiger partial charge in [-0.3, -0.25) is 0 Å². The van der Waals surface area contributed by atoms with Crippen molar-refractivity contribution in [3.05, 3.63) is 71.0 Å². The quantitative estimate of drug-likeness (QED) is 0.885. The highest BCUT2D eigenvalue weighted by molar-refractivity contribution is 5.23. The fraction of sp³-hybridized carbons (Fsp3) is 0.250. The maximum atomic E-state index is 13.6. The lowest BCUT2D eigenvalue weighted by Gasteiger charge is -2.18. The van der Waals surface area contributed by atoms with E-state index in [1.807, 2.05) is 0 Å². The minimum absolute atomic E-state index is 0.0180. The van der Waals surface area contributed by atoms with Gasteiger partial charge in [0.05, 0.1) is 6.10 Å². The second kappa shape index (κ2) is 6.74. The van der Waals surface area contributed by atoms with Crippen molar-refractivity contribution in [2.24, 2.45) is 0 Å². The van der Waals surface area contributed by atoms with Crippen molar-refractivity contribution in [3.8, 4) is 0 Å². The molecule has 0 radical (unpaired) electrons. The molecule has 0 aliphatic heterocycles. The number of rotatable bonds is 5. The van der Waals surface area contributed by atoms with E-state index in [9.17, 15) is 18.3 Å². The zero-order valence-corrected chi connectivity index (χ0v) is 11.5. The van der Waals surface area contributed by atoms with Crippen molar-refractivity contribution in [1.29, 1.82) is 0 Å². The molecule has 2 atom stereocenters. The van der Waals surface area contributed by atoms with Crippen LogP contribution in [0, 0.1) is 17.5 Å². The van der Waals surface area contributed by atoms with Crippen LogP contribution in [0.1, 0.15) is 30.2 Å². The molecular formula is C16H16F3NO. The molecule has 2 aromatic rings. The molecule has 2 nitrogen and oxygen atoms in total. The molecule has 112 valence electrons. The van der Waals surface area contributed by atoms with Crippen LogP contribution in [-0.2, 0) is 0 Å². The van der Waals surface area contributed by atoms with Crippen LogP contribution in [0.3, 0.4) is 0 Å². The molecule has 0 bridgehead atoms. The Morgan fingerprint density at radius 2 is 1.67 bits per heavy atom. The Labute approximate surface area is 121 Å². The van der Waals surface area contributed by atoms with E-state index in [-0.39, 0.29) is 24.0 Å². The van der Waals surface area contributed by atoms with Crippen LogP contribution >= 0.6 is 0 Å². The van der Waals surface area contributed by atoms with Gasteiger partial charge in [-0.05, 0) is 31.2 Å². The molecule has 0 aliphatic rings. The van der Waals surface area contributed by atoms with E-state index in [1.165, 1.54) is 6.07 Å². The Balaban J connectivity index is 2.02. The van der Waals surface area contributed by atoms with E-state index in [4.69, 9.17) is 0 Å². The van der Waals surface area contributed by atoms with Crippen LogP contribution < -0.4 is 5.32 Å². The van der Waals surface area contributed by atoms with Gasteiger partial charge < -0.3 is 10.4 Å². The van der Waals surface area contributed by atoms with Gasteiger partial charge >= 0.3 is 0 Å². The first-order valence-corrected chi connectivity index (χ1v) is 6.60. The number of aliphatic hydroxyl groups excluding tert-OH is 1. The first kappa shape index (κ1) is 15.5. The van der Waals surface area contributed by atoms with Crippen LogP contribution in [0.5, 0.6) is 0 Å². The van der Waals surface area contributed by atoms with Gasteiger partial charge in [-0.1, -0.05) is 18.2 Å². The Hall–Kier alpha value is -1.85. The first-order valence-electron chi connectivity index (χ1n) is 6.60. The van der Waals surface area contributed by atoms with Crippen molar-refractivity contribution in [3.63, 3.8) is 0 Å². The largest absolute Gasteiger partial charge is 0.387 e. The van der Waals surface area contributed by atoms with Crippen molar-refractivity contribution in [2.45, 2.75) is 19.1 Å². The fourth-order valence-electron chi connectivity index (χ4n) is 2.10. The average Bonchev–Trinajstić information content (AvgIpc) is 2.47. The average molecular weight is 295 g/mol. The van der Waals surface area contributed by atoms with Gasteiger partial charge in [-0.25, -0.2) is 13.2 Å². The van der Waals surface area contributed by atoms with Gasteiger partial charge in [0.2, 0.25) is 0 Å². The number of aliphatic hydroxyl groups is 1. The Morgan fingerprint density at radius 3 is 2.38 bits per heavy atom. The molecule has 0 heterocycles. The monoisotopic (exact) mass is 295 g/mol. The maximum absolute atomic E-state index is 13.6. The summed E-state index contributed by atoms with van der Waals surface area (Å²) in [6.45, 7) is 1.71. The molecule has 0 saturated heterocycles. The highest BCUT2D eigenvalue weighted by Gasteiger charge is 2.16. The van der Waals surface area contributed by atoms with E-state index in [2.05, 4.69) is 5.32 Å². The summed E-state index contributed by atoms with van der Waals surface area (Å²) in [4.78, 5) is 0. The lowest BCUT2D eigenvalue weighted by Crippen LogP contribution is -2.25. The van der Waals surface area contributed by atoms with Crippen LogP contribution in [0.4, 0.5) is 13.2 Å². The summed E-state index contributed by atoms with van der Waals surface area (Å²) in [6, 6.07) is 8.81. The Bertz CT molecular complexity index is 618. The predicted molar refractivity (Wildman–Crippen MR) is 74.1 cm³/mol. The van der Waals surface area contributed by atoms with Crippen LogP contribution in [0.25, 0.3) is 0 Å². The van der Waals surface area contributed by atoms with Crippen LogP contribution in [-0.4, -0.2) is 11.7 Å². The number of hydrogen-bond acceptors (Lipinski definition) is 2. The Kier molecular flexibility index (Phi) is 4.98. The van der Waals surface area contributed by atoms with E-state index in [0.717, 1.165) is 18.2 Å². The molecule has 0 amide bonds. The van der Waals surface area contributed by atoms with E-state index < -0.39 is 17.7 Å². The number of benzene rings is 2. The van der Waals surface area contributed by atoms with Gasteiger partial charge in [0.15, 0.2) is 0 Å². The minimum atomic E-state index is -1.21. The summed E-state index contributed by atoms with van der Waals surface area (Å²) in [7, 11) is 0. The van der Waals surface area contributed by atoms with Crippen molar-refractivity contribution >= 4 is 0 Å². The molecule has 0 aromatic heterocycles. The zero-order chi connectivity index (χ0) is 15.4. The van der Waals surface area contributed by atoms with Gasteiger partial charge in [-0.15, -0.1) is 0 Å². The summed E-state index contributed by atoms with van der Waals surface area (Å²) in [6.07, 6.45) is -1.21. The lowest BCUT2D eigenvalue weighted by atomic mass is 10.1. The van der Waals surface area contributed by atoms with Crippen molar-refractivity contribution in [2.75, 3.05) is 6.54 Å². The van der Waals surface area contributed by atoms with Crippen LogP contribution in [0.2, 0.25) is 0 Å². The molecule has 5 heteroatoms. The Morgan fingerprint density at radius 1 is 1.00 bits per heavy atom.